The number of hydrogen-bond acceptors (Lipinski definition) is 2. The summed E-state index contributed by atoms with van der Waals surface area (Å²) in [7, 11) is 0. The van der Waals surface area contributed by atoms with Gasteiger partial charge >= 0.3 is 0 Å². The number of rotatable bonds is 4. The number of anilines is 1. The van der Waals surface area contributed by atoms with Gasteiger partial charge in [0.25, 0.3) is 0 Å². The third kappa shape index (κ3) is 3.11. The van der Waals surface area contributed by atoms with Crippen LogP contribution in [-0.2, 0) is 0 Å². The summed E-state index contributed by atoms with van der Waals surface area (Å²) >= 11 is 0. The molecule has 2 aromatic rings. The van der Waals surface area contributed by atoms with Crippen LogP contribution >= 0.6 is 0 Å². The largest absolute Gasteiger partial charge is 0.371 e. The predicted octanol–water partition coefficient (Wildman–Crippen LogP) is 4.09. The molecule has 0 radical (unpaired) electrons. The van der Waals surface area contributed by atoms with Gasteiger partial charge in [0.1, 0.15) is 0 Å². The van der Waals surface area contributed by atoms with Gasteiger partial charge in [-0.25, -0.2) is 0 Å². The quantitative estimate of drug-likeness (QED) is 0.914. The maximum absolute atomic E-state index is 6.08. The van der Waals surface area contributed by atoms with E-state index in [1.54, 1.807) is 0 Å². The molecular weight excluding hydrogens is 256 g/mol. The van der Waals surface area contributed by atoms with E-state index in [0.717, 1.165) is 19.5 Å². The van der Waals surface area contributed by atoms with Crippen LogP contribution in [0.15, 0.2) is 54.6 Å². The fourth-order valence-corrected chi connectivity index (χ4v) is 3.16. The summed E-state index contributed by atoms with van der Waals surface area (Å²) in [5, 5.41) is 0. The van der Waals surface area contributed by atoms with Gasteiger partial charge in [-0.05, 0) is 36.1 Å². The van der Waals surface area contributed by atoms with E-state index in [0.29, 0.717) is 5.92 Å². The minimum atomic E-state index is 0.162. The molecule has 3 rings (SSSR count). The van der Waals surface area contributed by atoms with Crippen LogP contribution in [0.2, 0.25) is 0 Å². The molecule has 1 saturated heterocycles. The second kappa shape index (κ2) is 6.31. The Hall–Kier alpha value is -1.80. The minimum absolute atomic E-state index is 0.162. The lowest BCUT2D eigenvalue weighted by atomic mass is 9.99. The first-order chi connectivity index (χ1) is 10.3. The topological polar surface area (TPSA) is 29.3 Å². The lowest BCUT2D eigenvalue weighted by molar-refractivity contribution is 0.698. The lowest BCUT2D eigenvalue weighted by Gasteiger charge is -2.20. The molecule has 0 bridgehead atoms. The van der Waals surface area contributed by atoms with E-state index < -0.39 is 0 Å². The standard InChI is InChI=1S/C19H24N2/c1-2-19(20)16-8-10-18(11-9-16)21-13-12-17(14-21)15-6-4-3-5-7-15/h3-11,17,19H,2,12-14,20H2,1H3. The van der Waals surface area contributed by atoms with E-state index in [1.807, 2.05) is 0 Å². The Kier molecular flexibility index (Phi) is 4.26. The van der Waals surface area contributed by atoms with Crippen LogP contribution in [0.4, 0.5) is 5.69 Å². The van der Waals surface area contributed by atoms with Crippen molar-refractivity contribution in [3.8, 4) is 0 Å². The van der Waals surface area contributed by atoms with E-state index in [-0.39, 0.29) is 6.04 Å². The molecule has 1 aliphatic rings. The average Bonchev–Trinajstić information content (AvgIpc) is 3.05. The van der Waals surface area contributed by atoms with Crippen molar-refractivity contribution in [2.24, 2.45) is 5.73 Å². The van der Waals surface area contributed by atoms with Crippen molar-refractivity contribution in [3.05, 3.63) is 65.7 Å². The maximum Gasteiger partial charge on any atom is 0.0366 e. The van der Waals surface area contributed by atoms with Crippen molar-refractivity contribution in [2.75, 3.05) is 18.0 Å². The molecule has 21 heavy (non-hydrogen) atoms. The van der Waals surface area contributed by atoms with Gasteiger partial charge in [0, 0.05) is 30.7 Å². The molecule has 0 aliphatic carbocycles. The first kappa shape index (κ1) is 14.2. The lowest BCUT2D eigenvalue weighted by Crippen LogP contribution is -2.19. The summed E-state index contributed by atoms with van der Waals surface area (Å²) in [6, 6.07) is 19.8. The Morgan fingerprint density at radius 2 is 1.81 bits per heavy atom. The number of nitrogens with zero attached hydrogens (tertiary/aromatic N) is 1. The first-order valence-corrected chi connectivity index (χ1v) is 7.93. The second-order valence-corrected chi connectivity index (χ2v) is 5.95. The number of nitrogens with two attached hydrogens (primary N) is 1. The van der Waals surface area contributed by atoms with Gasteiger partial charge in [0.2, 0.25) is 0 Å². The number of benzene rings is 2. The normalized spacial score (nSPS) is 19.7. The molecule has 1 fully saturated rings. The van der Waals surface area contributed by atoms with Crippen LogP contribution in [-0.4, -0.2) is 13.1 Å². The fraction of sp³-hybridized carbons (Fsp3) is 0.368. The fourth-order valence-electron chi connectivity index (χ4n) is 3.16. The van der Waals surface area contributed by atoms with Crippen LogP contribution in [0.5, 0.6) is 0 Å². The molecule has 2 N–H and O–H groups in total. The molecule has 2 unspecified atom stereocenters. The Bertz CT molecular complexity index is 562. The summed E-state index contributed by atoms with van der Waals surface area (Å²) < 4.78 is 0. The highest BCUT2D eigenvalue weighted by Gasteiger charge is 2.23. The highest BCUT2D eigenvalue weighted by Crippen LogP contribution is 2.31. The monoisotopic (exact) mass is 280 g/mol. The maximum atomic E-state index is 6.08. The van der Waals surface area contributed by atoms with E-state index in [4.69, 9.17) is 5.73 Å². The van der Waals surface area contributed by atoms with Gasteiger partial charge in [0.05, 0.1) is 0 Å². The molecule has 0 amide bonds. The molecule has 1 aliphatic heterocycles. The van der Waals surface area contributed by atoms with Gasteiger partial charge in [0.15, 0.2) is 0 Å². The van der Waals surface area contributed by atoms with Gasteiger partial charge in [-0.3, -0.25) is 0 Å². The van der Waals surface area contributed by atoms with Crippen LogP contribution in [0.3, 0.4) is 0 Å². The van der Waals surface area contributed by atoms with Crippen molar-refractivity contribution in [3.63, 3.8) is 0 Å². The zero-order valence-electron chi connectivity index (χ0n) is 12.7. The predicted molar refractivity (Wildman–Crippen MR) is 89.7 cm³/mol. The van der Waals surface area contributed by atoms with Crippen molar-refractivity contribution in [1.29, 1.82) is 0 Å². The minimum Gasteiger partial charge on any atom is -0.371 e. The Labute approximate surface area is 127 Å². The zero-order valence-corrected chi connectivity index (χ0v) is 12.7. The highest BCUT2D eigenvalue weighted by atomic mass is 15.1. The molecule has 2 heteroatoms. The van der Waals surface area contributed by atoms with Gasteiger partial charge < -0.3 is 10.6 Å². The summed E-state index contributed by atoms with van der Waals surface area (Å²) in [5.74, 6) is 0.656. The Morgan fingerprint density at radius 3 is 2.48 bits per heavy atom. The zero-order chi connectivity index (χ0) is 14.7. The molecule has 1 heterocycles. The smallest absolute Gasteiger partial charge is 0.0366 e. The third-order valence-corrected chi connectivity index (χ3v) is 4.59. The van der Waals surface area contributed by atoms with Crippen molar-refractivity contribution < 1.29 is 0 Å². The number of hydrogen-bond donors (Lipinski definition) is 1. The summed E-state index contributed by atoms with van der Waals surface area (Å²) in [6.45, 7) is 4.38. The molecular formula is C19H24N2. The molecule has 110 valence electrons. The van der Waals surface area contributed by atoms with Crippen molar-refractivity contribution in [2.45, 2.75) is 31.7 Å². The highest BCUT2D eigenvalue weighted by molar-refractivity contribution is 5.50. The summed E-state index contributed by atoms with van der Waals surface area (Å²) in [6.07, 6.45) is 2.22. The molecule has 2 atom stereocenters. The molecule has 2 aromatic carbocycles. The Balaban J connectivity index is 1.69. The Morgan fingerprint density at radius 1 is 1.10 bits per heavy atom. The van der Waals surface area contributed by atoms with Gasteiger partial charge in [-0.1, -0.05) is 49.4 Å². The van der Waals surface area contributed by atoms with Crippen LogP contribution < -0.4 is 10.6 Å². The van der Waals surface area contributed by atoms with Crippen LogP contribution in [0.25, 0.3) is 0 Å². The molecule has 0 aromatic heterocycles. The van der Waals surface area contributed by atoms with E-state index in [1.165, 1.54) is 23.2 Å². The SMILES string of the molecule is CCC(N)c1ccc(N2CCC(c3ccccc3)C2)cc1. The van der Waals surface area contributed by atoms with E-state index >= 15 is 0 Å². The average molecular weight is 280 g/mol. The third-order valence-electron chi connectivity index (χ3n) is 4.59. The first-order valence-electron chi connectivity index (χ1n) is 7.93. The summed E-state index contributed by atoms with van der Waals surface area (Å²) in [5.41, 5.74) is 10.1. The van der Waals surface area contributed by atoms with E-state index in [2.05, 4.69) is 66.4 Å². The van der Waals surface area contributed by atoms with Crippen LogP contribution in [0.1, 0.15) is 42.9 Å². The molecule has 0 saturated carbocycles. The molecule has 2 nitrogen and oxygen atoms in total. The van der Waals surface area contributed by atoms with Crippen molar-refractivity contribution >= 4 is 5.69 Å². The van der Waals surface area contributed by atoms with Crippen LogP contribution in [0, 0.1) is 0 Å². The summed E-state index contributed by atoms with van der Waals surface area (Å²) in [4.78, 5) is 2.49. The molecule has 0 spiro atoms. The second-order valence-electron chi connectivity index (χ2n) is 5.95. The van der Waals surface area contributed by atoms with Gasteiger partial charge in [-0.15, -0.1) is 0 Å². The van der Waals surface area contributed by atoms with Crippen molar-refractivity contribution in [1.82, 2.24) is 0 Å². The van der Waals surface area contributed by atoms with Gasteiger partial charge in [-0.2, -0.15) is 0 Å². The van der Waals surface area contributed by atoms with E-state index in [9.17, 15) is 0 Å².